The monoisotopic (exact) mass is 393 g/mol. The third-order valence-corrected chi connectivity index (χ3v) is 5.03. The van der Waals surface area contributed by atoms with E-state index in [0.717, 1.165) is 25.3 Å². The summed E-state index contributed by atoms with van der Waals surface area (Å²) in [6, 6.07) is 2.13. The maximum absolute atomic E-state index is 13.3. The normalized spacial score (nSPS) is 20.4. The number of guanidine groups is 2. The smallest absolute Gasteiger partial charge is 0.369 e. The van der Waals surface area contributed by atoms with Crippen molar-refractivity contribution in [3.05, 3.63) is 27.7 Å². The Labute approximate surface area is 152 Å². The number of nitrogens with zero attached hydrogens (tertiary/aromatic N) is 3. The van der Waals surface area contributed by atoms with Crippen LogP contribution in [-0.4, -0.2) is 17.6 Å². The molecule has 1 aliphatic heterocycles. The largest absolute Gasteiger partial charge is 0.417 e. The van der Waals surface area contributed by atoms with Crippen molar-refractivity contribution < 1.29 is 13.2 Å². The first kappa shape index (κ1) is 18.1. The number of benzene rings is 1. The van der Waals surface area contributed by atoms with Gasteiger partial charge in [-0.15, -0.1) is 0 Å². The zero-order valence-corrected chi connectivity index (χ0v) is 14.6. The molecule has 4 N–H and O–H groups in total. The first-order valence-corrected chi connectivity index (χ1v) is 8.46. The van der Waals surface area contributed by atoms with Gasteiger partial charge < -0.3 is 11.5 Å². The summed E-state index contributed by atoms with van der Waals surface area (Å²) in [5.41, 5.74) is 9.87. The summed E-state index contributed by atoms with van der Waals surface area (Å²) in [5, 5.41) is -0.594. The molecule has 1 saturated carbocycles. The van der Waals surface area contributed by atoms with Gasteiger partial charge in [0.25, 0.3) is 0 Å². The molecule has 5 nitrogen and oxygen atoms in total. The molecule has 1 aromatic rings. The lowest BCUT2D eigenvalue weighted by Gasteiger charge is -2.46. The Hall–Kier alpha value is -1.67. The van der Waals surface area contributed by atoms with E-state index in [-0.39, 0.29) is 22.6 Å². The summed E-state index contributed by atoms with van der Waals surface area (Å²) in [4.78, 5) is 9.77. The molecule has 1 aromatic carbocycles. The maximum Gasteiger partial charge on any atom is 0.417 e. The zero-order chi connectivity index (χ0) is 18.4. The fraction of sp³-hybridized carbons (Fsp3) is 0.467. The lowest BCUT2D eigenvalue weighted by Crippen LogP contribution is -2.58. The second kappa shape index (κ2) is 6.25. The summed E-state index contributed by atoms with van der Waals surface area (Å²) in [5.74, 6) is -0.0449. The predicted octanol–water partition coefficient (Wildman–Crippen LogP) is 4.12. The van der Waals surface area contributed by atoms with Crippen LogP contribution >= 0.6 is 23.2 Å². The molecule has 2 aliphatic rings. The van der Waals surface area contributed by atoms with Gasteiger partial charge in [0.2, 0.25) is 11.9 Å². The van der Waals surface area contributed by atoms with Crippen LogP contribution in [0.15, 0.2) is 22.1 Å². The molecule has 0 aromatic heterocycles. The molecule has 0 saturated heterocycles. The molecular formula is C15H16Cl2F3N5. The Morgan fingerprint density at radius 1 is 1.08 bits per heavy atom. The summed E-state index contributed by atoms with van der Waals surface area (Å²) >= 11 is 12.0. The number of hydrogen-bond acceptors (Lipinski definition) is 5. The van der Waals surface area contributed by atoms with E-state index in [1.165, 1.54) is 11.0 Å². The van der Waals surface area contributed by atoms with E-state index in [1.54, 1.807) is 0 Å². The fourth-order valence-corrected chi connectivity index (χ4v) is 3.93. The lowest BCUT2D eigenvalue weighted by atomic mass is 9.87. The van der Waals surface area contributed by atoms with Crippen molar-refractivity contribution in [1.82, 2.24) is 0 Å². The van der Waals surface area contributed by atoms with E-state index in [1.807, 2.05) is 0 Å². The third-order valence-electron chi connectivity index (χ3n) is 4.42. The van der Waals surface area contributed by atoms with Crippen molar-refractivity contribution in [2.75, 3.05) is 4.90 Å². The average molecular weight is 394 g/mol. The van der Waals surface area contributed by atoms with Crippen LogP contribution in [0.5, 0.6) is 0 Å². The molecule has 0 bridgehead atoms. The number of anilines is 1. The Kier molecular flexibility index (Phi) is 4.53. The van der Waals surface area contributed by atoms with Gasteiger partial charge in [-0.3, -0.25) is 4.90 Å². The van der Waals surface area contributed by atoms with Crippen LogP contribution in [0.25, 0.3) is 0 Å². The Balaban J connectivity index is 2.20. The van der Waals surface area contributed by atoms with Gasteiger partial charge in [0.15, 0.2) is 0 Å². The molecule has 0 amide bonds. The van der Waals surface area contributed by atoms with Crippen molar-refractivity contribution in [2.45, 2.75) is 43.9 Å². The molecule has 1 aliphatic carbocycles. The molecule has 10 heteroatoms. The van der Waals surface area contributed by atoms with Crippen LogP contribution in [0, 0.1) is 0 Å². The topological polar surface area (TPSA) is 80.0 Å². The molecule has 3 rings (SSSR count). The molecule has 0 atom stereocenters. The second-order valence-corrected chi connectivity index (χ2v) is 6.92. The molecule has 1 spiro atoms. The van der Waals surface area contributed by atoms with Crippen LogP contribution in [0.2, 0.25) is 10.0 Å². The Morgan fingerprint density at radius 2 is 1.72 bits per heavy atom. The first-order chi connectivity index (χ1) is 11.6. The minimum atomic E-state index is -4.65. The maximum atomic E-state index is 13.3. The van der Waals surface area contributed by atoms with Crippen molar-refractivity contribution in [2.24, 2.45) is 21.5 Å². The highest BCUT2D eigenvalue weighted by Crippen LogP contribution is 2.46. The van der Waals surface area contributed by atoms with E-state index < -0.39 is 22.4 Å². The number of halogens is 5. The number of rotatable bonds is 1. The molecule has 0 unspecified atom stereocenters. The van der Waals surface area contributed by atoms with E-state index >= 15 is 0 Å². The lowest BCUT2D eigenvalue weighted by molar-refractivity contribution is -0.137. The van der Waals surface area contributed by atoms with Gasteiger partial charge in [0.1, 0.15) is 5.66 Å². The number of hydrogen-bond donors (Lipinski definition) is 2. The van der Waals surface area contributed by atoms with E-state index in [9.17, 15) is 13.2 Å². The standard InChI is InChI=1S/C15H16Cl2F3N5/c16-8-6-9(15(18,19)20)11(17)10(7-8)25-13(22)23-12(21)24-14(25)4-2-1-3-5-14/h6-7H,1-5H2,(H4,21,22,23,24). The zero-order valence-electron chi connectivity index (χ0n) is 13.1. The second-order valence-electron chi connectivity index (χ2n) is 6.10. The van der Waals surface area contributed by atoms with Crippen molar-refractivity contribution in [3.8, 4) is 0 Å². The number of nitrogens with two attached hydrogens (primary N) is 2. The van der Waals surface area contributed by atoms with Crippen LogP contribution in [-0.2, 0) is 6.18 Å². The summed E-state index contributed by atoms with van der Waals surface area (Å²) in [7, 11) is 0. The van der Waals surface area contributed by atoms with E-state index in [2.05, 4.69) is 9.98 Å². The van der Waals surface area contributed by atoms with Crippen molar-refractivity contribution in [3.63, 3.8) is 0 Å². The summed E-state index contributed by atoms with van der Waals surface area (Å²) in [6.45, 7) is 0. The molecule has 1 fully saturated rings. The minimum absolute atomic E-state index is 0.00449. The highest BCUT2D eigenvalue weighted by Gasteiger charge is 2.45. The van der Waals surface area contributed by atoms with Gasteiger partial charge in [0.05, 0.1) is 16.3 Å². The predicted molar refractivity (Wildman–Crippen MR) is 93.0 cm³/mol. The summed E-state index contributed by atoms with van der Waals surface area (Å²) < 4.78 is 39.9. The first-order valence-electron chi connectivity index (χ1n) is 7.70. The minimum Gasteiger partial charge on any atom is -0.369 e. The SMILES string of the molecule is NC1=NC2(CCCCC2)N(c2cc(Cl)cc(C(F)(F)F)c2Cl)C(N)=N1. The van der Waals surface area contributed by atoms with E-state index in [4.69, 9.17) is 34.7 Å². The Morgan fingerprint density at radius 3 is 2.32 bits per heavy atom. The van der Waals surface area contributed by atoms with Crippen LogP contribution in [0.3, 0.4) is 0 Å². The van der Waals surface area contributed by atoms with E-state index in [0.29, 0.717) is 12.8 Å². The molecule has 1 heterocycles. The highest BCUT2D eigenvalue weighted by atomic mass is 35.5. The van der Waals surface area contributed by atoms with Gasteiger partial charge in [-0.25, -0.2) is 4.99 Å². The Bertz CT molecular complexity index is 754. The molecular weight excluding hydrogens is 378 g/mol. The van der Waals surface area contributed by atoms with Gasteiger partial charge in [-0.05, 0) is 37.8 Å². The fourth-order valence-electron chi connectivity index (χ4n) is 3.41. The quantitative estimate of drug-likeness (QED) is 0.752. The van der Waals surface area contributed by atoms with Gasteiger partial charge in [0, 0.05) is 5.02 Å². The number of aliphatic imine (C=N–C) groups is 2. The van der Waals surface area contributed by atoms with Gasteiger partial charge >= 0.3 is 6.18 Å². The van der Waals surface area contributed by atoms with Crippen molar-refractivity contribution in [1.29, 1.82) is 0 Å². The van der Waals surface area contributed by atoms with Gasteiger partial charge in [-0.1, -0.05) is 29.6 Å². The van der Waals surface area contributed by atoms with Crippen LogP contribution in [0.4, 0.5) is 18.9 Å². The number of alkyl halides is 3. The van der Waals surface area contributed by atoms with Crippen LogP contribution < -0.4 is 16.4 Å². The molecule has 0 radical (unpaired) electrons. The average Bonchev–Trinajstić information content (AvgIpc) is 2.49. The molecule has 25 heavy (non-hydrogen) atoms. The molecule has 136 valence electrons. The third kappa shape index (κ3) is 3.25. The van der Waals surface area contributed by atoms with Crippen molar-refractivity contribution >= 4 is 40.8 Å². The van der Waals surface area contributed by atoms with Gasteiger partial charge in [-0.2, -0.15) is 18.2 Å². The summed E-state index contributed by atoms with van der Waals surface area (Å²) in [6.07, 6.45) is -0.822. The van der Waals surface area contributed by atoms with Crippen LogP contribution in [0.1, 0.15) is 37.7 Å². The highest BCUT2D eigenvalue weighted by molar-refractivity contribution is 6.37.